The Hall–Kier alpha value is -1.79. The van der Waals surface area contributed by atoms with E-state index in [1.807, 2.05) is 13.8 Å². The van der Waals surface area contributed by atoms with Gasteiger partial charge in [0.05, 0.1) is 0 Å². The highest BCUT2D eigenvalue weighted by Crippen LogP contribution is 2.28. The van der Waals surface area contributed by atoms with E-state index in [0.717, 1.165) is 12.8 Å². The topological polar surface area (TPSA) is 113 Å². The smallest absolute Gasteiger partial charge is 0.312 e. The standard InChI is InChI=1S/C11H20N4O3/c1-6(2)5-8(13-11(12)18)10(17)15-14-9(16)7-3-4-7/h6-8H,3-5H2,1-2H3,(H,14,16)(H,15,17)(H3,12,13,18). The number of hydrogen-bond donors (Lipinski definition) is 4. The predicted octanol–water partition coefficient (Wildman–Crippen LogP) is -0.373. The van der Waals surface area contributed by atoms with Crippen molar-refractivity contribution in [1.29, 1.82) is 0 Å². The van der Waals surface area contributed by atoms with E-state index in [2.05, 4.69) is 16.2 Å². The average Bonchev–Trinajstić information content (AvgIpc) is 3.06. The predicted molar refractivity (Wildman–Crippen MR) is 65.0 cm³/mol. The Morgan fingerprint density at radius 3 is 2.28 bits per heavy atom. The molecule has 5 N–H and O–H groups in total. The largest absolute Gasteiger partial charge is 0.352 e. The molecule has 18 heavy (non-hydrogen) atoms. The molecule has 0 aromatic heterocycles. The molecular formula is C11H20N4O3. The second kappa shape index (κ2) is 6.23. The molecule has 1 aliphatic rings. The summed E-state index contributed by atoms with van der Waals surface area (Å²) in [6, 6.07) is -1.49. The zero-order valence-electron chi connectivity index (χ0n) is 10.7. The number of primary amides is 1. The van der Waals surface area contributed by atoms with Crippen molar-refractivity contribution in [2.24, 2.45) is 17.6 Å². The molecule has 0 aliphatic heterocycles. The van der Waals surface area contributed by atoms with E-state index in [-0.39, 0.29) is 17.7 Å². The summed E-state index contributed by atoms with van der Waals surface area (Å²) in [5, 5.41) is 2.36. The highest BCUT2D eigenvalue weighted by Gasteiger charge is 2.30. The molecule has 102 valence electrons. The molecule has 1 rings (SSSR count). The zero-order valence-corrected chi connectivity index (χ0v) is 10.7. The Labute approximate surface area is 106 Å². The molecule has 1 saturated carbocycles. The van der Waals surface area contributed by atoms with Crippen LogP contribution in [0.25, 0.3) is 0 Å². The molecular weight excluding hydrogens is 236 g/mol. The summed E-state index contributed by atoms with van der Waals surface area (Å²) < 4.78 is 0. The van der Waals surface area contributed by atoms with Gasteiger partial charge in [0, 0.05) is 5.92 Å². The summed E-state index contributed by atoms with van der Waals surface area (Å²) >= 11 is 0. The summed E-state index contributed by atoms with van der Waals surface area (Å²) in [5.41, 5.74) is 9.65. The average molecular weight is 256 g/mol. The van der Waals surface area contributed by atoms with Crippen molar-refractivity contribution in [3.05, 3.63) is 0 Å². The first kappa shape index (κ1) is 14.3. The first-order valence-corrected chi connectivity index (χ1v) is 6.05. The fourth-order valence-electron chi connectivity index (χ4n) is 1.53. The van der Waals surface area contributed by atoms with Crippen LogP contribution in [0.2, 0.25) is 0 Å². The van der Waals surface area contributed by atoms with E-state index in [9.17, 15) is 14.4 Å². The van der Waals surface area contributed by atoms with Crippen molar-refractivity contribution in [2.45, 2.75) is 39.2 Å². The fourth-order valence-corrected chi connectivity index (χ4v) is 1.53. The van der Waals surface area contributed by atoms with Crippen molar-refractivity contribution >= 4 is 17.8 Å². The lowest BCUT2D eigenvalue weighted by molar-refractivity contribution is -0.130. The molecule has 0 radical (unpaired) electrons. The van der Waals surface area contributed by atoms with Gasteiger partial charge in [-0.05, 0) is 25.2 Å². The SMILES string of the molecule is CC(C)CC(NC(N)=O)C(=O)NNC(=O)C1CC1. The van der Waals surface area contributed by atoms with E-state index in [1.165, 1.54) is 0 Å². The van der Waals surface area contributed by atoms with E-state index in [1.54, 1.807) is 0 Å². The quantitative estimate of drug-likeness (QED) is 0.503. The number of amides is 4. The van der Waals surface area contributed by atoms with Gasteiger partial charge in [-0.15, -0.1) is 0 Å². The molecule has 1 fully saturated rings. The van der Waals surface area contributed by atoms with Crippen molar-refractivity contribution in [3.8, 4) is 0 Å². The lowest BCUT2D eigenvalue weighted by Gasteiger charge is -2.19. The summed E-state index contributed by atoms with van der Waals surface area (Å²) in [5.74, 6) is -0.424. The van der Waals surface area contributed by atoms with Crippen LogP contribution >= 0.6 is 0 Å². The van der Waals surface area contributed by atoms with E-state index in [0.29, 0.717) is 6.42 Å². The van der Waals surface area contributed by atoms with E-state index >= 15 is 0 Å². The molecule has 0 bridgehead atoms. The Bertz CT molecular complexity index is 339. The first-order chi connectivity index (χ1) is 8.40. The number of hydrazine groups is 1. The van der Waals surface area contributed by atoms with Crippen LogP contribution in [-0.4, -0.2) is 23.9 Å². The Balaban J connectivity index is 2.41. The number of carbonyl (C=O) groups is 3. The molecule has 7 heteroatoms. The minimum absolute atomic E-state index is 0.0120. The number of urea groups is 1. The third-order valence-corrected chi connectivity index (χ3v) is 2.60. The van der Waals surface area contributed by atoms with Gasteiger partial charge >= 0.3 is 6.03 Å². The maximum Gasteiger partial charge on any atom is 0.312 e. The summed E-state index contributed by atoms with van der Waals surface area (Å²) in [6.07, 6.45) is 2.17. The third-order valence-electron chi connectivity index (χ3n) is 2.60. The maximum atomic E-state index is 11.8. The lowest BCUT2D eigenvalue weighted by atomic mass is 10.0. The Morgan fingerprint density at radius 1 is 1.22 bits per heavy atom. The summed E-state index contributed by atoms with van der Waals surface area (Å²) in [7, 11) is 0. The molecule has 4 amide bonds. The van der Waals surface area contributed by atoms with Gasteiger partial charge in [0.15, 0.2) is 0 Å². The van der Waals surface area contributed by atoms with Crippen LogP contribution in [0.15, 0.2) is 0 Å². The monoisotopic (exact) mass is 256 g/mol. The van der Waals surface area contributed by atoms with Gasteiger partial charge in [-0.2, -0.15) is 0 Å². The van der Waals surface area contributed by atoms with Gasteiger partial charge in [-0.25, -0.2) is 4.79 Å². The molecule has 0 spiro atoms. The maximum absolute atomic E-state index is 11.8. The zero-order chi connectivity index (χ0) is 13.7. The van der Waals surface area contributed by atoms with Crippen molar-refractivity contribution < 1.29 is 14.4 Å². The van der Waals surface area contributed by atoms with Crippen LogP contribution < -0.4 is 21.9 Å². The normalized spacial score (nSPS) is 15.9. The number of carbonyl (C=O) groups excluding carboxylic acids is 3. The molecule has 1 unspecified atom stereocenters. The summed E-state index contributed by atoms with van der Waals surface area (Å²) in [4.78, 5) is 33.9. The Kier molecular flexibility index (Phi) is 4.94. The van der Waals surface area contributed by atoms with Crippen LogP contribution in [0.4, 0.5) is 4.79 Å². The molecule has 0 heterocycles. The Morgan fingerprint density at radius 2 is 1.83 bits per heavy atom. The van der Waals surface area contributed by atoms with Gasteiger partial charge in [0.25, 0.3) is 5.91 Å². The minimum atomic E-state index is -0.760. The third kappa shape index (κ3) is 5.03. The van der Waals surface area contributed by atoms with Crippen molar-refractivity contribution in [1.82, 2.24) is 16.2 Å². The highest BCUT2D eigenvalue weighted by molar-refractivity contribution is 5.89. The molecule has 7 nitrogen and oxygen atoms in total. The van der Waals surface area contributed by atoms with Crippen LogP contribution in [0.3, 0.4) is 0 Å². The molecule has 1 aliphatic carbocycles. The minimum Gasteiger partial charge on any atom is -0.352 e. The second-order valence-electron chi connectivity index (χ2n) is 4.94. The van der Waals surface area contributed by atoms with Crippen LogP contribution in [0.1, 0.15) is 33.1 Å². The number of nitrogens with one attached hydrogen (secondary N) is 3. The van der Waals surface area contributed by atoms with Gasteiger partial charge in [0.2, 0.25) is 5.91 Å². The first-order valence-electron chi connectivity index (χ1n) is 6.05. The van der Waals surface area contributed by atoms with Gasteiger partial charge < -0.3 is 11.1 Å². The fraction of sp³-hybridized carbons (Fsp3) is 0.727. The highest BCUT2D eigenvalue weighted by atomic mass is 16.2. The second-order valence-corrected chi connectivity index (χ2v) is 4.94. The lowest BCUT2D eigenvalue weighted by Crippen LogP contribution is -2.54. The molecule has 0 saturated heterocycles. The number of rotatable bonds is 5. The van der Waals surface area contributed by atoms with E-state index in [4.69, 9.17) is 5.73 Å². The van der Waals surface area contributed by atoms with Gasteiger partial charge in [0.1, 0.15) is 6.04 Å². The van der Waals surface area contributed by atoms with Crippen LogP contribution in [-0.2, 0) is 9.59 Å². The van der Waals surface area contributed by atoms with Crippen molar-refractivity contribution in [2.75, 3.05) is 0 Å². The number of hydrogen-bond acceptors (Lipinski definition) is 3. The van der Waals surface area contributed by atoms with Gasteiger partial charge in [-0.3, -0.25) is 20.4 Å². The molecule has 0 aromatic rings. The van der Waals surface area contributed by atoms with E-state index < -0.39 is 18.0 Å². The van der Waals surface area contributed by atoms with Crippen LogP contribution in [0, 0.1) is 11.8 Å². The molecule has 0 aromatic carbocycles. The van der Waals surface area contributed by atoms with Gasteiger partial charge in [-0.1, -0.05) is 13.8 Å². The summed E-state index contributed by atoms with van der Waals surface area (Å²) in [6.45, 7) is 3.84. The number of nitrogens with two attached hydrogens (primary N) is 1. The van der Waals surface area contributed by atoms with Crippen molar-refractivity contribution in [3.63, 3.8) is 0 Å². The van der Waals surface area contributed by atoms with Crippen LogP contribution in [0.5, 0.6) is 0 Å². The molecule has 1 atom stereocenters.